The van der Waals surface area contributed by atoms with Crippen molar-refractivity contribution >= 4 is 45.2 Å². The van der Waals surface area contributed by atoms with Gasteiger partial charge in [0.15, 0.2) is 0 Å². The summed E-state index contributed by atoms with van der Waals surface area (Å²) in [6.45, 7) is 1.77. The van der Waals surface area contributed by atoms with E-state index >= 15 is 0 Å². The van der Waals surface area contributed by atoms with Gasteiger partial charge in [-0.1, -0.05) is 5.16 Å². The number of aromatic nitrogens is 3. The van der Waals surface area contributed by atoms with Gasteiger partial charge >= 0.3 is 0 Å². The molecule has 5 heterocycles. The van der Waals surface area contributed by atoms with Gasteiger partial charge in [-0.3, -0.25) is 9.79 Å². The number of ether oxygens (including phenoxy) is 1. The molecule has 3 aromatic heterocycles. The van der Waals surface area contributed by atoms with Crippen LogP contribution in [-0.4, -0.2) is 45.8 Å². The zero-order valence-corrected chi connectivity index (χ0v) is 18.0. The molecule has 0 saturated carbocycles. The van der Waals surface area contributed by atoms with Crippen molar-refractivity contribution in [3.05, 3.63) is 58.1 Å². The van der Waals surface area contributed by atoms with E-state index in [2.05, 4.69) is 25.4 Å². The van der Waals surface area contributed by atoms with Crippen molar-refractivity contribution in [1.82, 2.24) is 20.0 Å². The van der Waals surface area contributed by atoms with Gasteiger partial charge in [0.25, 0.3) is 5.91 Å². The fourth-order valence-corrected chi connectivity index (χ4v) is 5.41. The zero-order chi connectivity index (χ0) is 21.7. The topological polar surface area (TPSA) is 106 Å². The highest BCUT2D eigenvalue weighted by Gasteiger charge is 2.28. The minimum atomic E-state index is -0.153. The van der Waals surface area contributed by atoms with Crippen molar-refractivity contribution in [3.63, 3.8) is 0 Å². The molecule has 160 valence electrons. The maximum absolute atomic E-state index is 12.7. The van der Waals surface area contributed by atoms with Crippen molar-refractivity contribution in [2.75, 3.05) is 19.0 Å². The molecule has 32 heavy (non-hydrogen) atoms. The molecule has 0 unspecified atom stereocenters. The molecule has 1 amide bonds. The van der Waals surface area contributed by atoms with Crippen LogP contribution in [0.4, 0.5) is 11.5 Å². The summed E-state index contributed by atoms with van der Waals surface area (Å²) in [6.07, 6.45) is 5.63. The van der Waals surface area contributed by atoms with Crippen LogP contribution in [0.25, 0.3) is 10.2 Å². The third-order valence-corrected chi connectivity index (χ3v) is 6.90. The number of hydrogen-bond acceptors (Lipinski definition) is 9. The number of amides is 1. The lowest BCUT2D eigenvalue weighted by Crippen LogP contribution is -2.35. The van der Waals surface area contributed by atoms with Gasteiger partial charge in [0, 0.05) is 23.7 Å². The van der Waals surface area contributed by atoms with Crippen molar-refractivity contribution in [3.8, 4) is 5.75 Å². The molecule has 0 bridgehead atoms. The number of benzene rings is 1. The Morgan fingerprint density at radius 1 is 1.31 bits per heavy atom. The number of nitrogens with zero attached hydrogens (tertiary/aromatic N) is 5. The quantitative estimate of drug-likeness (QED) is 0.511. The van der Waals surface area contributed by atoms with Crippen LogP contribution < -0.4 is 10.1 Å². The number of methoxy groups -OCH3 is 1. The second kappa shape index (κ2) is 7.41. The van der Waals surface area contributed by atoms with Crippen LogP contribution in [0, 0.1) is 0 Å². The van der Waals surface area contributed by atoms with E-state index in [9.17, 15) is 4.79 Å². The molecule has 6 rings (SSSR count). The molecule has 0 aliphatic carbocycles. The van der Waals surface area contributed by atoms with E-state index < -0.39 is 0 Å². The second-order valence-corrected chi connectivity index (χ2v) is 8.69. The van der Waals surface area contributed by atoms with E-state index in [1.165, 1.54) is 11.8 Å². The number of hydrogen-bond donors (Lipinski definition) is 1. The number of thiophene rings is 1. The normalized spacial score (nSPS) is 14.5. The first-order chi connectivity index (χ1) is 15.7. The van der Waals surface area contributed by atoms with Crippen LogP contribution in [0.1, 0.15) is 32.1 Å². The molecule has 0 fully saturated rings. The molecule has 1 aromatic carbocycles. The van der Waals surface area contributed by atoms with Gasteiger partial charge in [-0.25, -0.2) is 9.97 Å². The van der Waals surface area contributed by atoms with Crippen LogP contribution in [-0.2, 0) is 19.5 Å². The van der Waals surface area contributed by atoms with E-state index in [0.29, 0.717) is 26.1 Å². The van der Waals surface area contributed by atoms with Gasteiger partial charge in [0.05, 0.1) is 37.5 Å². The first-order valence-corrected chi connectivity index (χ1v) is 11.0. The molecule has 2 aliphatic heterocycles. The van der Waals surface area contributed by atoms with Gasteiger partial charge in [0.1, 0.15) is 22.7 Å². The van der Waals surface area contributed by atoms with Gasteiger partial charge < -0.3 is 19.5 Å². The van der Waals surface area contributed by atoms with E-state index in [-0.39, 0.29) is 11.7 Å². The summed E-state index contributed by atoms with van der Waals surface area (Å²) >= 11 is 1.59. The third-order valence-electron chi connectivity index (χ3n) is 5.78. The number of aliphatic imine (C=N–C) groups is 1. The summed E-state index contributed by atoms with van der Waals surface area (Å²) in [5.41, 5.74) is 4.23. The number of carbonyl (C=O) groups is 1. The van der Waals surface area contributed by atoms with Crippen LogP contribution in [0.5, 0.6) is 5.75 Å². The minimum Gasteiger partial charge on any atom is -0.495 e. The number of anilines is 2. The van der Waals surface area contributed by atoms with Gasteiger partial charge in [-0.05, 0) is 35.2 Å². The highest BCUT2D eigenvalue weighted by atomic mass is 32.1. The maximum Gasteiger partial charge on any atom is 0.292 e. The first-order valence-electron chi connectivity index (χ1n) is 10.1. The zero-order valence-electron chi connectivity index (χ0n) is 17.2. The Bertz CT molecular complexity index is 1380. The monoisotopic (exact) mass is 446 g/mol. The Morgan fingerprint density at radius 3 is 3.09 bits per heavy atom. The van der Waals surface area contributed by atoms with Crippen LogP contribution in [0.3, 0.4) is 0 Å². The summed E-state index contributed by atoms with van der Waals surface area (Å²) in [5, 5.41) is 8.09. The fourth-order valence-electron chi connectivity index (χ4n) is 4.21. The van der Waals surface area contributed by atoms with Crippen molar-refractivity contribution < 1.29 is 14.1 Å². The number of nitrogens with one attached hydrogen (secondary N) is 1. The van der Waals surface area contributed by atoms with Gasteiger partial charge in [-0.2, -0.15) is 0 Å². The molecule has 4 aromatic rings. The molecule has 1 N–H and O–H groups in total. The smallest absolute Gasteiger partial charge is 0.292 e. The van der Waals surface area contributed by atoms with E-state index in [0.717, 1.165) is 43.5 Å². The number of fused-ring (bicyclic) bond motifs is 4. The standard InChI is InChI=1S/C22H18N6O3S/c1-30-17-7-13-9-23-8-12(13)6-15(17)27-20-19-14-3-5-28(22(29)16-2-4-26-31-16)10-18(14)32-21(19)25-11-24-20/h2,4,6-8,11H,3,5,9-10H2,1H3,(H,24,25,27). The van der Waals surface area contributed by atoms with E-state index in [1.807, 2.05) is 18.3 Å². The molecule has 2 aliphatic rings. The van der Waals surface area contributed by atoms with Crippen molar-refractivity contribution in [1.29, 1.82) is 0 Å². The predicted octanol–water partition coefficient (Wildman–Crippen LogP) is 3.56. The average molecular weight is 446 g/mol. The van der Waals surface area contributed by atoms with Gasteiger partial charge in [-0.15, -0.1) is 11.3 Å². The Hall–Kier alpha value is -3.79. The summed E-state index contributed by atoms with van der Waals surface area (Å²) in [5.74, 6) is 1.58. The fraction of sp³-hybridized carbons (Fsp3) is 0.227. The molecule has 9 nitrogen and oxygen atoms in total. The third kappa shape index (κ3) is 3.02. The Balaban J connectivity index is 1.36. The Morgan fingerprint density at radius 2 is 2.25 bits per heavy atom. The van der Waals surface area contributed by atoms with Crippen LogP contribution in [0.15, 0.2) is 40.2 Å². The van der Waals surface area contributed by atoms with Gasteiger partial charge in [0.2, 0.25) is 5.76 Å². The maximum atomic E-state index is 12.7. The summed E-state index contributed by atoms with van der Waals surface area (Å²) in [6, 6.07) is 5.64. The van der Waals surface area contributed by atoms with Crippen molar-refractivity contribution in [2.45, 2.75) is 19.5 Å². The second-order valence-electron chi connectivity index (χ2n) is 7.61. The largest absolute Gasteiger partial charge is 0.495 e. The average Bonchev–Trinajstić information content (AvgIpc) is 3.56. The lowest BCUT2D eigenvalue weighted by molar-refractivity contribution is 0.0695. The summed E-state index contributed by atoms with van der Waals surface area (Å²) in [7, 11) is 1.66. The molecule has 0 radical (unpaired) electrons. The van der Waals surface area contributed by atoms with E-state index in [4.69, 9.17) is 9.26 Å². The Kier molecular flexibility index (Phi) is 4.39. The highest BCUT2D eigenvalue weighted by molar-refractivity contribution is 7.19. The lowest BCUT2D eigenvalue weighted by atomic mass is 10.0. The van der Waals surface area contributed by atoms with Crippen LogP contribution >= 0.6 is 11.3 Å². The number of carbonyl (C=O) groups excluding carboxylic acids is 1. The molecule has 10 heteroatoms. The SMILES string of the molecule is COc1cc2c(cc1Nc1ncnc3sc4c(c13)CCN(C(=O)c1ccno1)C4)C=NC2. The Labute approximate surface area is 186 Å². The summed E-state index contributed by atoms with van der Waals surface area (Å²) < 4.78 is 10.7. The van der Waals surface area contributed by atoms with E-state index in [1.54, 1.807) is 35.7 Å². The van der Waals surface area contributed by atoms with Crippen molar-refractivity contribution in [2.24, 2.45) is 4.99 Å². The molecule has 0 spiro atoms. The highest BCUT2D eigenvalue weighted by Crippen LogP contribution is 2.40. The van der Waals surface area contributed by atoms with Crippen LogP contribution in [0.2, 0.25) is 0 Å². The lowest BCUT2D eigenvalue weighted by Gasteiger charge is -2.26. The molecular formula is C22H18N6O3S. The predicted molar refractivity (Wildman–Crippen MR) is 120 cm³/mol. The first kappa shape index (κ1) is 18.9. The molecule has 0 saturated heterocycles. The minimum absolute atomic E-state index is 0.153. The molecule has 0 atom stereocenters. The summed E-state index contributed by atoms with van der Waals surface area (Å²) in [4.78, 5) is 29.8. The molecular weight excluding hydrogens is 428 g/mol. The number of rotatable bonds is 4.